The SMILES string of the molecule is CCc1cc(Cc2ccc(C(=O)N[C@@H]3CN(C(=O)O)C[C@@H]3C(=O)NO)cc2)c2ccccc2n1. The van der Waals surface area contributed by atoms with E-state index in [9.17, 15) is 19.5 Å². The Hall–Kier alpha value is -3.98. The molecule has 0 spiro atoms. The van der Waals surface area contributed by atoms with E-state index in [1.54, 1.807) is 17.6 Å². The molecule has 2 heterocycles. The maximum atomic E-state index is 12.8. The standard InChI is InChI=1S/C25H26N4O5/c1-2-18-12-17(19-5-3-4-6-21(19)26-18)11-15-7-9-16(10-8-15)23(30)27-22-14-29(25(32)33)13-20(22)24(31)28-34/h3-10,12,20,22,34H,2,11,13-14H2,1H3,(H,27,30)(H,28,31)(H,32,33)/t20-,22+/m0/s1. The van der Waals surface area contributed by atoms with Crippen molar-refractivity contribution in [1.29, 1.82) is 0 Å². The molecule has 3 amide bonds. The first-order chi connectivity index (χ1) is 16.4. The zero-order valence-electron chi connectivity index (χ0n) is 18.7. The molecule has 0 bridgehead atoms. The number of hydrogen-bond donors (Lipinski definition) is 4. The number of fused-ring (bicyclic) bond motifs is 1. The van der Waals surface area contributed by atoms with Gasteiger partial charge in [-0.3, -0.25) is 19.8 Å². The lowest BCUT2D eigenvalue weighted by atomic mass is 9.98. The second-order valence-corrected chi connectivity index (χ2v) is 8.37. The van der Waals surface area contributed by atoms with Gasteiger partial charge in [0.1, 0.15) is 0 Å². The highest BCUT2D eigenvalue weighted by Crippen LogP contribution is 2.22. The number of para-hydroxylation sites is 1. The van der Waals surface area contributed by atoms with Gasteiger partial charge in [0.15, 0.2) is 0 Å². The molecule has 2 aromatic carbocycles. The summed E-state index contributed by atoms with van der Waals surface area (Å²) in [5, 5.41) is 22.0. The number of rotatable bonds is 6. The molecule has 1 aliphatic rings. The number of aromatic nitrogens is 1. The lowest BCUT2D eigenvalue weighted by Gasteiger charge is -2.18. The third kappa shape index (κ3) is 4.84. The van der Waals surface area contributed by atoms with Crippen molar-refractivity contribution in [3.05, 3.63) is 77.0 Å². The summed E-state index contributed by atoms with van der Waals surface area (Å²) in [7, 11) is 0. The molecule has 34 heavy (non-hydrogen) atoms. The van der Waals surface area contributed by atoms with Gasteiger partial charge in [-0.25, -0.2) is 10.3 Å². The highest BCUT2D eigenvalue weighted by Gasteiger charge is 2.40. The number of pyridine rings is 1. The number of likely N-dealkylation sites (tertiary alicyclic amines) is 1. The summed E-state index contributed by atoms with van der Waals surface area (Å²) in [5.74, 6) is -2.03. The summed E-state index contributed by atoms with van der Waals surface area (Å²) >= 11 is 0. The number of aryl methyl sites for hydroxylation is 1. The minimum atomic E-state index is -1.19. The van der Waals surface area contributed by atoms with E-state index in [1.165, 1.54) is 0 Å². The third-order valence-electron chi connectivity index (χ3n) is 6.18. The Kier molecular flexibility index (Phi) is 6.74. The molecule has 1 fully saturated rings. The number of hydrogen-bond acceptors (Lipinski definition) is 5. The molecule has 176 valence electrons. The van der Waals surface area contributed by atoms with Crippen LogP contribution in [0.5, 0.6) is 0 Å². The maximum Gasteiger partial charge on any atom is 0.407 e. The zero-order valence-corrected chi connectivity index (χ0v) is 18.7. The molecule has 9 heteroatoms. The fourth-order valence-corrected chi connectivity index (χ4v) is 4.34. The number of hydroxylamine groups is 1. The van der Waals surface area contributed by atoms with Gasteiger partial charge < -0.3 is 15.3 Å². The summed E-state index contributed by atoms with van der Waals surface area (Å²) in [6.45, 7) is 1.93. The first kappa shape index (κ1) is 23.2. The Morgan fingerprint density at radius 3 is 2.50 bits per heavy atom. The van der Waals surface area contributed by atoms with Crippen molar-refractivity contribution in [2.24, 2.45) is 5.92 Å². The second-order valence-electron chi connectivity index (χ2n) is 8.37. The van der Waals surface area contributed by atoms with Gasteiger partial charge in [0.05, 0.1) is 17.5 Å². The molecular formula is C25H26N4O5. The number of nitrogens with one attached hydrogen (secondary N) is 2. The smallest absolute Gasteiger partial charge is 0.407 e. The van der Waals surface area contributed by atoms with Gasteiger partial charge in [-0.1, -0.05) is 37.3 Å². The van der Waals surface area contributed by atoms with Crippen molar-refractivity contribution in [2.45, 2.75) is 25.8 Å². The van der Waals surface area contributed by atoms with Crippen LogP contribution in [0.15, 0.2) is 54.6 Å². The lowest BCUT2D eigenvalue weighted by molar-refractivity contribution is -0.133. The summed E-state index contributed by atoms with van der Waals surface area (Å²) < 4.78 is 0. The Morgan fingerprint density at radius 2 is 1.82 bits per heavy atom. The fourth-order valence-electron chi connectivity index (χ4n) is 4.34. The van der Waals surface area contributed by atoms with Gasteiger partial charge in [0, 0.05) is 29.7 Å². The molecule has 4 rings (SSSR count). The van der Waals surface area contributed by atoms with Crippen LogP contribution in [-0.4, -0.2) is 57.2 Å². The number of nitrogens with zero attached hydrogens (tertiary/aromatic N) is 2. The van der Waals surface area contributed by atoms with Crippen LogP contribution in [0, 0.1) is 5.92 Å². The molecule has 0 radical (unpaired) electrons. The minimum absolute atomic E-state index is 0.0356. The monoisotopic (exact) mass is 462 g/mol. The van der Waals surface area contributed by atoms with Gasteiger partial charge in [-0.2, -0.15) is 0 Å². The molecule has 1 saturated heterocycles. The number of carbonyl (C=O) groups excluding carboxylic acids is 2. The molecule has 1 aromatic heterocycles. The minimum Gasteiger partial charge on any atom is -0.465 e. The Balaban J connectivity index is 1.49. The van der Waals surface area contributed by atoms with Crippen LogP contribution in [0.1, 0.15) is 34.1 Å². The molecule has 0 aliphatic carbocycles. The average Bonchev–Trinajstić information content (AvgIpc) is 3.28. The highest BCUT2D eigenvalue weighted by molar-refractivity contribution is 5.95. The Labute approximate surface area is 196 Å². The van der Waals surface area contributed by atoms with Crippen molar-refractivity contribution in [3.63, 3.8) is 0 Å². The third-order valence-corrected chi connectivity index (χ3v) is 6.18. The van der Waals surface area contributed by atoms with Crippen LogP contribution in [0.3, 0.4) is 0 Å². The molecular weight excluding hydrogens is 436 g/mol. The molecule has 1 aliphatic heterocycles. The highest BCUT2D eigenvalue weighted by atomic mass is 16.5. The molecule has 4 N–H and O–H groups in total. The van der Waals surface area contributed by atoms with E-state index in [4.69, 9.17) is 5.21 Å². The van der Waals surface area contributed by atoms with E-state index in [0.717, 1.165) is 39.0 Å². The van der Waals surface area contributed by atoms with E-state index in [2.05, 4.69) is 29.4 Å². The van der Waals surface area contributed by atoms with Crippen LogP contribution < -0.4 is 10.8 Å². The van der Waals surface area contributed by atoms with Crippen LogP contribution in [0.4, 0.5) is 4.79 Å². The lowest BCUT2D eigenvalue weighted by Crippen LogP contribution is -2.45. The average molecular weight is 463 g/mol. The largest absolute Gasteiger partial charge is 0.465 e. The molecule has 0 saturated carbocycles. The van der Waals surface area contributed by atoms with Crippen LogP contribution >= 0.6 is 0 Å². The quantitative estimate of drug-likeness (QED) is 0.329. The van der Waals surface area contributed by atoms with Gasteiger partial charge in [0.25, 0.3) is 5.91 Å². The summed E-state index contributed by atoms with van der Waals surface area (Å²) in [5.41, 5.74) is 6.13. The first-order valence-electron chi connectivity index (χ1n) is 11.1. The van der Waals surface area contributed by atoms with E-state index >= 15 is 0 Å². The van der Waals surface area contributed by atoms with Crippen LogP contribution in [0.2, 0.25) is 0 Å². The summed E-state index contributed by atoms with van der Waals surface area (Å²) in [4.78, 5) is 41.7. The summed E-state index contributed by atoms with van der Waals surface area (Å²) in [6.07, 6.45) is 0.339. The Bertz CT molecular complexity index is 1230. The van der Waals surface area contributed by atoms with Gasteiger partial charge in [-0.15, -0.1) is 0 Å². The maximum absolute atomic E-state index is 12.8. The normalized spacial score (nSPS) is 17.5. The number of carbonyl (C=O) groups is 3. The fraction of sp³-hybridized carbons (Fsp3) is 0.280. The number of amides is 3. The Morgan fingerprint density at radius 1 is 1.09 bits per heavy atom. The topological polar surface area (TPSA) is 132 Å². The van der Waals surface area contributed by atoms with E-state index in [1.807, 2.05) is 30.3 Å². The van der Waals surface area contributed by atoms with Crippen molar-refractivity contribution in [3.8, 4) is 0 Å². The van der Waals surface area contributed by atoms with Gasteiger partial charge >= 0.3 is 6.09 Å². The second kappa shape index (κ2) is 9.88. The molecule has 0 unspecified atom stereocenters. The van der Waals surface area contributed by atoms with Gasteiger partial charge in [-0.05, 0) is 48.2 Å². The zero-order chi connectivity index (χ0) is 24.2. The van der Waals surface area contributed by atoms with Gasteiger partial charge in [0.2, 0.25) is 5.91 Å². The van der Waals surface area contributed by atoms with E-state index < -0.39 is 29.9 Å². The molecule has 3 aromatic rings. The number of benzene rings is 2. The predicted molar refractivity (Wildman–Crippen MR) is 125 cm³/mol. The summed E-state index contributed by atoms with van der Waals surface area (Å²) in [6, 6.07) is 16.6. The first-order valence-corrected chi connectivity index (χ1v) is 11.1. The van der Waals surface area contributed by atoms with Crippen molar-refractivity contribution in [2.75, 3.05) is 13.1 Å². The molecule has 2 atom stereocenters. The van der Waals surface area contributed by atoms with Crippen LogP contribution in [-0.2, 0) is 17.6 Å². The van der Waals surface area contributed by atoms with Crippen molar-refractivity contribution >= 4 is 28.8 Å². The van der Waals surface area contributed by atoms with Crippen molar-refractivity contribution < 1.29 is 24.7 Å². The molecule has 9 nitrogen and oxygen atoms in total. The van der Waals surface area contributed by atoms with E-state index in [0.29, 0.717) is 12.0 Å². The predicted octanol–water partition coefficient (Wildman–Crippen LogP) is 2.60. The van der Waals surface area contributed by atoms with E-state index in [-0.39, 0.29) is 13.1 Å². The number of carboxylic acid groups (broad SMARTS) is 1. The van der Waals surface area contributed by atoms with Crippen molar-refractivity contribution in [1.82, 2.24) is 20.7 Å². The van der Waals surface area contributed by atoms with Crippen LogP contribution in [0.25, 0.3) is 10.9 Å².